The van der Waals surface area contributed by atoms with Gasteiger partial charge in [-0.05, 0) is 12.1 Å². The molecule has 0 unspecified atom stereocenters. The van der Waals surface area contributed by atoms with E-state index < -0.39 is 26.5 Å². The first kappa shape index (κ1) is 13.3. The lowest BCUT2D eigenvalue weighted by Gasteiger charge is -2.05. The van der Waals surface area contributed by atoms with Crippen LogP contribution in [0.5, 0.6) is 0 Å². The Balaban J connectivity index is 2.81. The molecule has 1 aromatic carbocycles. The first-order chi connectivity index (χ1) is 7.79. The predicted molar refractivity (Wildman–Crippen MR) is 59.5 cm³/mol. The fourth-order valence-electron chi connectivity index (χ4n) is 1.13. The maximum atomic E-state index is 12.8. The minimum Gasteiger partial charge on any atom is -0.378 e. The van der Waals surface area contributed by atoms with E-state index >= 15 is 0 Å². The van der Waals surface area contributed by atoms with Crippen LogP contribution in [0.15, 0.2) is 18.2 Å². The summed E-state index contributed by atoms with van der Waals surface area (Å²) in [5, 5.41) is 17.9. The highest BCUT2D eigenvalue weighted by Crippen LogP contribution is 2.24. The van der Waals surface area contributed by atoms with Crippen LogP contribution in [-0.4, -0.2) is 25.6 Å². The highest BCUT2D eigenvalue weighted by molar-refractivity contribution is 7.89. The molecule has 0 atom stereocenters. The van der Waals surface area contributed by atoms with Crippen molar-refractivity contribution >= 4 is 21.4 Å². The van der Waals surface area contributed by atoms with E-state index in [4.69, 9.17) is 5.14 Å². The number of primary sulfonamides is 1. The van der Waals surface area contributed by atoms with E-state index in [-0.39, 0.29) is 18.0 Å². The molecule has 0 aromatic heterocycles. The second-order valence-electron chi connectivity index (χ2n) is 3.21. The van der Waals surface area contributed by atoms with Gasteiger partial charge in [-0.2, -0.15) is 0 Å². The Labute approximate surface area is 96.6 Å². The molecule has 0 aliphatic heterocycles. The van der Waals surface area contributed by atoms with E-state index in [1.165, 1.54) is 0 Å². The van der Waals surface area contributed by atoms with Gasteiger partial charge in [-0.25, -0.2) is 17.9 Å². The number of nitro groups is 1. The molecule has 7 nitrogen and oxygen atoms in total. The zero-order valence-electron chi connectivity index (χ0n) is 8.59. The molecule has 0 aliphatic rings. The van der Waals surface area contributed by atoms with Crippen molar-refractivity contribution in [3.8, 4) is 0 Å². The highest BCUT2D eigenvalue weighted by Gasteiger charge is 2.14. The molecule has 94 valence electrons. The number of nitrogens with zero attached hydrogens (tertiary/aromatic N) is 1. The number of hydrogen-bond acceptors (Lipinski definition) is 5. The summed E-state index contributed by atoms with van der Waals surface area (Å²) < 4.78 is 34.0. The van der Waals surface area contributed by atoms with Crippen LogP contribution in [0, 0.1) is 15.9 Å². The van der Waals surface area contributed by atoms with Crippen LogP contribution in [0.25, 0.3) is 0 Å². The number of nitrogens with one attached hydrogen (secondary N) is 1. The fraction of sp³-hybridized carbons (Fsp3) is 0.250. The number of rotatable bonds is 5. The average Bonchev–Trinajstić information content (AvgIpc) is 2.18. The highest BCUT2D eigenvalue weighted by atomic mass is 32.2. The van der Waals surface area contributed by atoms with Crippen molar-refractivity contribution < 1.29 is 17.7 Å². The third-order valence-electron chi connectivity index (χ3n) is 1.86. The molecule has 0 heterocycles. The van der Waals surface area contributed by atoms with Gasteiger partial charge in [0.05, 0.1) is 16.7 Å². The lowest BCUT2D eigenvalue weighted by atomic mass is 10.2. The van der Waals surface area contributed by atoms with Crippen LogP contribution in [0.3, 0.4) is 0 Å². The summed E-state index contributed by atoms with van der Waals surface area (Å²) in [6.45, 7) is -0.0920. The summed E-state index contributed by atoms with van der Waals surface area (Å²) in [5.41, 5.74) is -0.417. The molecular weight excluding hydrogens is 253 g/mol. The molecule has 0 saturated heterocycles. The SMILES string of the molecule is NS(=O)(=O)CCNc1ccc(F)cc1[N+](=O)[O-]. The molecular formula is C8H10FN3O4S. The van der Waals surface area contributed by atoms with Crippen LogP contribution >= 0.6 is 0 Å². The molecule has 17 heavy (non-hydrogen) atoms. The largest absolute Gasteiger partial charge is 0.378 e. The van der Waals surface area contributed by atoms with Gasteiger partial charge < -0.3 is 5.32 Å². The standard InChI is InChI=1S/C8H10FN3O4S/c9-6-1-2-7(8(5-6)12(13)14)11-3-4-17(10,15)16/h1-2,5,11H,3-4H2,(H2,10,15,16). The molecule has 9 heteroatoms. The van der Waals surface area contributed by atoms with Gasteiger partial charge in [0.25, 0.3) is 5.69 Å². The van der Waals surface area contributed by atoms with Gasteiger partial charge in [0.2, 0.25) is 10.0 Å². The summed E-state index contributed by atoms with van der Waals surface area (Å²) in [4.78, 5) is 9.83. The Morgan fingerprint density at radius 3 is 2.65 bits per heavy atom. The fourth-order valence-corrected chi connectivity index (χ4v) is 1.52. The quantitative estimate of drug-likeness (QED) is 0.590. The predicted octanol–water partition coefficient (Wildman–Crippen LogP) is 0.434. The zero-order valence-corrected chi connectivity index (χ0v) is 9.41. The zero-order chi connectivity index (χ0) is 13.1. The average molecular weight is 263 g/mol. The van der Waals surface area contributed by atoms with Crippen LogP contribution in [-0.2, 0) is 10.0 Å². The molecule has 0 aliphatic carbocycles. The summed E-state index contributed by atoms with van der Waals surface area (Å²) in [5.74, 6) is -1.12. The molecule has 0 saturated carbocycles. The minimum absolute atomic E-state index is 0.0417. The van der Waals surface area contributed by atoms with Crippen LogP contribution in [0.2, 0.25) is 0 Å². The second kappa shape index (κ2) is 5.06. The molecule has 0 bridgehead atoms. The van der Waals surface area contributed by atoms with Crippen molar-refractivity contribution in [2.75, 3.05) is 17.6 Å². The van der Waals surface area contributed by atoms with Crippen molar-refractivity contribution in [2.45, 2.75) is 0 Å². The Morgan fingerprint density at radius 2 is 2.12 bits per heavy atom. The number of hydrogen-bond donors (Lipinski definition) is 2. The van der Waals surface area contributed by atoms with Crippen molar-refractivity contribution in [2.24, 2.45) is 5.14 Å². The van der Waals surface area contributed by atoms with E-state index in [0.29, 0.717) is 0 Å². The number of benzene rings is 1. The van der Waals surface area contributed by atoms with Crippen LogP contribution in [0.4, 0.5) is 15.8 Å². The molecule has 3 N–H and O–H groups in total. The van der Waals surface area contributed by atoms with E-state index in [1.807, 2.05) is 0 Å². The van der Waals surface area contributed by atoms with Crippen LogP contribution < -0.4 is 10.5 Å². The summed E-state index contributed by atoms with van der Waals surface area (Å²) in [6, 6.07) is 2.95. The van der Waals surface area contributed by atoms with Crippen molar-refractivity contribution in [1.82, 2.24) is 0 Å². The summed E-state index contributed by atoms with van der Waals surface area (Å²) >= 11 is 0. The van der Waals surface area contributed by atoms with Crippen LogP contribution in [0.1, 0.15) is 0 Å². The molecule has 0 radical (unpaired) electrons. The lowest BCUT2D eigenvalue weighted by molar-refractivity contribution is -0.384. The topological polar surface area (TPSA) is 115 Å². The van der Waals surface area contributed by atoms with Gasteiger partial charge in [0.15, 0.2) is 0 Å². The Bertz CT molecular complexity index is 532. The van der Waals surface area contributed by atoms with Crippen molar-refractivity contribution in [1.29, 1.82) is 0 Å². The first-order valence-corrected chi connectivity index (χ1v) is 6.19. The van der Waals surface area contributed by atoms with E-state index in [9.17, 15) is 22.9 Å². The lowest BCUT2D eigenvalue weighted by Crippen LogP contribution is -2.22. The van der Waals surface area contributed by atoms with E-state index in [2.05, 4.69) is 5.32 Å². The van der Waals surface area contributed by atoms with Gasteiger partial charge >= 0.3 is 0 Å². The third-order valence-corrected chi connectivity index (χ3v) is 2.63. The smallest absolute Gasteiger partial charge is 0.295 e. The molecule has 0 fully saturated rings. The van der Waals surface area contributed by atoms with Gasteiger partial charge in [-0.1, -0.05) is 0 Å². The molecule has 0 spiro atoms. The number of nitro benzene ring substituents is 1. The number of halogens is 1. The Kier molecular flexibility index (Phi) is 3.97. The maximum Gasteiger partial charge on any atom is 0.295 e. The van der Waals surface area contributed by atoms with Gasteiger partial charge in [-0.15, -0.1) is 0 Å². The summed E-state index contributed by atoms with van der Waals surface area (Å²) in [7, 11) is -3.64. The van der Waals surface area contributed by atoms with Gasteiger partial charge in [0.1, 0.15) is 11.5 Å². The normalized spacial score (nSPS) is 11.2. The van der Waals surface area contributed by atoms with Crippen molar-refractivity contribution in [3.05, 3.63) is 34.1 Å². The summed E-state index contributed by atoms with van der Waals surface area (Å²) in [6.07, 6.45) is 0. The number of sulfonamides is 1. The Morgan fingerprint density at radius 1 is 1.47 bits per heavy atom. The first-order valence-electron chi connectivity index (χ1n) is 4.48. The number of anilines is 1. The maximum absolute atomic E-state index is 12.8. The molecule has 1 aromatic rings. The monoisotopic (exact) mass is 263 g/mol. The minimum atomic E-state index is -3.64. The van der Waals surface area contributed by atoms with Crippen molar-refractivity contribution in [3.63, 3.8) is 0 Å². The number of nitrogens with two attached hydrogens (primary N) is 1. The third kappa shape index (κ3) is 4.33. The van der Waals surface area contributed by atoms with Gasteiger partial charge in [-0.3, -0.25) is 10.1 Å². The van der Waals surface area contributed by atoms with E-state index in [1.54, 1.807) is 0 Å². The Hall–Kier alpha value is -1.74. The van der Waals surface area contributed by atoms with Gasteiger partial charge in [0, 0.05) is 6.54 Å². The van der Waals surface area contributed by atoms with E-state index in [0.717, 1.165) is 18.2 Å². The molecule has 1 rings (SSSR count). The molecule has 0 amide bonds. The second-order valence-corrected chi connectivity index (χ2v) is 4.95.